The van der Waals surface area contributed by atoms with E-state index in [2.05, 4.69) is 0 Å². The molecule has 0 radical (unpaired) electrons. The molecule has 1 saturated heterocycles. The minimum absolute atomic E-state index is 0.0798. The molecule has 0 aromatic heterocycles. The molecule has 2 fully saturated rings. The molecule has 2 atom stereocenters. The van der Waals surface area contributed by atoms with Crippen molar-refractivity contribution in [2.45, 2.75) is 51.1 Å². The molecule has 0 aromatic rings. The summed E-state index contributed by atoms with van der Waals surface area (Å²) in [6.07, 6.45) is -1.42. The van der Waals surface area contributed by atoms with Crippen LogP contribution in [0.2, 0.25) is 0 Å². The number of piperidine rings is 1. The molecule has 0 bridgehead atoms. The van der Waals surface area contributed by atoms with Crippen molar-refractivity contribution in [3.8, 4) is 0 Å². The summed E-state index contributed by atoms with van der Waals surface area (Å²) in [5, 5.41) is 0. The molecule has 7 heteroatoms. The number of carbonyl (C=O) groups excluding carboxylic acids is 2. The maximum Gasteiger partial charge on any atom is 0.391 e. The molecular weight excluding hydrogens is 297 g/mol. The van der Waals surface area contributed by atoms with E-state index in [-0.39, 0.29) is 30.6 Å². The van der Waals surface area contributed by atoms with E-state index in [1.807, 2.05) is 0 Å². The van der Waals surface area contributed by atoms with Gasteiger partial charge in [0.15, 0.2) is 0 Å². The number of nitrogens with two attached hydrogens (primary N) is 1. The largest absolute Gasteiger partial charge is 0.391 e. The van der Waals surface area contributed by atoms with Crippen molar-refractivity contribution < 1.29 is 22.8 Å². The van der Waals surface area contributed by atoms with Crippen molar-refractivity contribution in [3.05, 3.63) is 0 Å². The van der Waals surface area contributed by atoms with Crippen molar-refractivity contribution in [3.63, 3.8) is 0 Å². The van der Waals surface area contributed by atoms with E-state index in [0.717, 1.165) is 0 Å². The zero-order valence-corrected chi connectivity index (χ0v) is 12.6. The lowest BCUT2D eigenvalue weighted by atomic mass is 9.80. The molecule has 1 heterocycles. The first kappa shape index (κ1) is 17.1. The van der Waals surface area contributed by atoms with Gasteiger partial charge in [-0.2, -0.15) is 13.2 Å². The number of rotatable bonds is 3. The van der Waals surface area contributed by atoms with Crippen LogP contribution in [0.5, 0.6) is 0 Å². The fourth-order valence-electron chi connectivity index (χ4n) is 3.61. The molecule has 126 valence electrons. The molecule has 0 aromatic carbocycles. The summed E-state index contributed by atoms with van der Waals surface area (Å²) in [6, 6.07) is 0. The molecule has 0 spiro atoms. The Morgan fingerprint density at radius 3 is 2.27 bits per heavy atom. The predicted molar refractivity (Wildman–Crippen MR) is 74.6 cm³/mol. The van der Waals surface area contributed by atoms with E-state index in [4.69, 9.17) is 5.73 Å². The van der Waals surface area contributed by atoms with Gasteiger partial charge in [-0.05, 0) is 38.0 Å². The minimum Gasteiger partial charge on any atom is -0.370 e. The van der Waals surface area contributed by atoms with Crippen molar-refractivity contribution in [1.29, 1.82) is 0 Å². The van der Waals surface area contributed by atoms with E-state index in [0.29, 0.717) is 45.2 Å². The highest BCUT2D eigenvalue weighted by atomic mass is 19.4. The molecule has 2 aliphatic rings. The lowest BCUT2D eigenvalue weighted by molar-refractivity contribution is -0.187. The van der Waals surface area contributed by atoms with Gasteiger partial charge in [0.2, 0.25) is 11.8 Å². The van der Waals surface area contributed by atoms with Gasteiger partial charge in [-0.15, -0.1) is 0 Å². The van der Waals surface area contributed by atoms with Crippen molar-refractivity contribution in [1.82, 2.24) is 4.90 Å². The van der Waals surface area contributed by atoms with Gasteiger partial charge in [0.25, 0.3) is 0 Å². The highest BCUT2D eigenvalue weighted by Crippen LogP contribution is 2.40. The number of hydrogen-bond donors (Lipinski definition) is 1. The van der Waals surface area contributed by atoms with E-state index >= 15 is 0 Å². The summed E-state index contributed by atoms with van der Waals surface area (Å²) in [7, 11) is 0. The monoisotopic (exact) mass is 320 g/mol. The Kier molecular flexibility index (Phi) is 5.34. The lowest BCUT2D eigenvalue weighted by Gasteiger charge is -2.36. The molecule has 0 unspecified atom stereocenters. The zero-order valence-electron chi connectivity index (χ0n) is 12.6. The van der Waals surface area contributed by atoms with Gasteiger partial charge in [-0.1, -0.05) is 6.42 Å². The van der Waals surface area contributed by atoms with Gasteiger partial charge in [-0.25, -0.2) is 0 Å². The molecule has 1 aliphatic carbocycles. The van der Waals surface area contributed by atoms with Crippen LogP contribution in [0.15, 0.2) is 0 Å². The average Bonchev–Trinajstić information content (AvgIpc) is 2.46. The van der Waals surface area contributed by atoms with Crippen LogP contribution in [0, 0.1) is 17.8 Å². The quantitative estimate of drug-likeness (QED) is 0.868. The molecule has 2 amide bonds. The van der Waals surface area contributed by atoms with Gasteiger partial charge in [0, 0.05) is 25.4 Å². The van der Waals surface area contributed by atoms with E-state index in [1.54, 1.807) is 4.90 Å². The van der Waals surface area contributed by atoms with Crippen LogP contribution in [0.3, 0.4) is 0 Å². The van der Waals surface area contributed by atoms with Crippen LogP contribution >= 0.6 is 0 Å². The third-order valence-electron chi connectivity index (χ3n) is 4.90. The smallest absolute Gasteiger partial charge is 0.370 e. The summed E-state index contributed by atoms with van der Waals surface area (Å²) >= 11 is 0. The fourth-order valence-corrected chi connectivity index (χ4v) is 3.61. The Balaban J connectivity index is 1.86. The Bertz CT molecular complexity index is 418. The number of carbonyl (C=O) groups is 2. The second kappa shape index (κ2) is 6.87. The summed E-state index contributed by atoms with van der Waals surface area (Å²) in [4.78, 5) is 25.0. The Morgan fingerprint density at radius 1 is 1.09 bits per heavy atom. The number of alkyl halides is 3. The molecule has 1 aliphatic heterocycles. The molecule has 1 saturated carbocycles. The first-order valence-electron chi connectivity index (χ1n) is 7.91. The van der Waals surface area contributed by atoms with Crippen LogP contribution in [-0.2, 0) is 9.59 Å². The summed E-state index contributed by atoms with van der Waals surface area (Å²) < 4.78 is 38.5. The van der Waals surface area contributed by atoms with Gasteiger partial charge >= 0.3 is 6.18 Å². The molecule has 2 N–H and O–H groups in total. The second-order valence-electron chi connectivity index (χ2n) is 6.54. The minimum atomic E-state index is -4.20. The maximum atomic E-state index is 12.8. The van der Waals surface area contributed by atoms with E-state index in [9.17, 15) is 22.8 Å². The van der Waals surface area contributed by atoms with Gasteiger partial charge in [-0.3, -0.25) is 9.59 Å². The Morgan fingerprint density at radius 2 is 1.73 bits per heavy atom. The number of halogens is 3. The van der Waals surface area contributed by atoms with Gasteiger partial charge in [0.05, 0.1) is 5.92 Å². The number of nitrogens with zero attached hydrogens (tertiary/aromatic N) is 1. The Labute approximate surface area is 128 Å². The normalized spacial score (nSPS) is 27.7. The van der Waals surface area contributed by atoms with Crippen LogP contribution in [0.25, 0.3) is 0 Å². The number of amides is 2. The molecule has 2 rings (SSSR count). The second-order valence-corrected chi connectivity index (χ2v) is 6.54. The number of hydrogen-bond acceptors (Lipinski definition) is 2. The third-order valence-corrected chi connectivity index (χ3v) is 4.90. The van der Waals surface area contributed by atoms with Crippen LogP contribution in [0.1, 0.15) is 44.9 Å². The lowest BCUT2D eigenvalue weighted by Crippen LogP contribution is -2.44. The van der Waals surface area contributed by atoms with Crippen molar-refractivity contribution in [2.24, 2.45) is 23.5 Å². The topological polar surface area (TPSA) is 63.4 Å². The van der Waals surface area contributed by atoms with Crippen LogP contribution in [-0.4, -0.2) is 36.0 Å². The first-order chi connectivity index (χ1) is 10.3. The molecule has 22 heavy (non-hydrogen) atoms. The summed E-state index contributed by atoms with van der Waals surface area (Å²) in [5.41, 5.74) is 5.16. The fraction of sp³-hybridized carbons (Fsp3) is 0.867. The highest BCUT2D eigenvalue weighted by Gasteiger charge is 2.44. The Hall–Kier alpha value is -1.27. The van der Waals surface area contributed by atoms with Crippen LogP contribution in [0.4, 0.5) is 13.2 Å². The first-order valence-corrected chi connectivity index (χ1v) is 7.91. The van der Waals surface area contributed by atoms with E-state index in [1.165, 1.54) is 0 Å². The summed E-state index contributed by atoms with van der Waals surface area (Å²) in [6.45, 7) is 1.04. The molecular formula is C15H23F3N2O2. The maximum absolute atomic E-state index is 12.8. The number of primary amides is 1. The number of likely N-dealkylation sites (tertiary alicyclic amines) is 1. The van der Waals surface area contributed by atoms with Crippen molar-refractivity contribution >= 4 is 11.8 Å². The summed E-state index contributed by atoms with van der Waals surface area (Å²) in [5.74, 6) is -2.15. The molecule has 4 nitrogen and oxygen atoms in total. The standard InChI is InChI=1S/C15H23F3N2O2/c16-15(17,18)12-3-1-2-11(9-12)14(22)20-6-4-10(5-7-20)8-13(19)21/h10-12H,1-9H2,(H2,19,21)/t11-,12-/m0/s1. The van der Waals surface area contributed by atoms with E-state index < -0.39 is 18.0 Å². The van der Waals surface area contributed by atoms with Crippen molar-refractivity contribution in [2.75, 3.05) is 13.1 Å². The zero-order chi connectivity index (χ0) is 16.3. The SMILES string of the molecule is NC(=O)CC1CCN(C(=O)[C@H]2CCC[C@H](C(F)(F)F)C2)CC1. The highest BCUT2D eigenvalue weighted by molar-refractivity contribution is 5.79. The van der Waals surface area contributed by atoms with Crippen LogP contribution < -0.4 is 5.73 Å². The van der Waals surface area contributed by atoms with Gasteiger partial charge < -0.3 is 10.6 Å². The third kappa shape index (κ3) is 4.36. The van der Waals surface area contributed by atoms with Gasteiger partial charge in [0.1, 0.15) is 0 Å². The predicted octanol–water partition coefficient (Wildman–Crippen LogP) is 2.47. The average molecular weight is 320 g/mol.